The Morgan fingerprint density at radius 2 is 1.26 bits per heavy atom. The van der Waals surface area contributed by atoms with Crippen molar-refractivity contribution in [2.45, 2.75) is 77.3 Å². The molecule has 0 atom stereocenters. The Hall–Kier alpha value is -2.11. The lowest BCUT2D eigenvalue weighted by atomic mass is 9.69. The zero-order valence-corrected chi connectivity index (χ0v) is 20.3. The minimum absolute atomic E-state index is 0.0570. The van der Waals surface area contributed by atoms with Gasteiger partial charge in [-0.05, 0) is 97.6 Å². The molecule has 192 valence electrons. The van der Waals surface area contributed by atoms with E-state index in [0.29, 0.717) is 23.8 Å². The van der Waals surface area contributed by atoms with E-state index in [1.807, 2.05) is 0 Å². The van der Waals surface area contributed by atoms with Crippen LogP contribution < -0.4 is 4.74 Å². The van der Waals surface area contributed by atoms with E-state index in [4.69, 9.17) is 4.74 Å². The van der Waals surface area contributed by atoms with Gasteiger partial charge in [-0.3, -0.25) is 0 Å². The number of halogens is 5. The van der Waals surface area contributed by atoms with Crippen LogP contribution in [0, 0.1) is 35.3 Å². The third-order valence-corrected chi connectivity index (χ3v) is 8.15. The van der Waals surface area contributed by atoms with Crippen molar-refractivity contribution in [3.8, 4) is 16.9 Å². The van der Waals surface area contributed by atoms with Crippen molar-refractivity contribution < 1.29 is 26.7 Å². The monoisotopic (exact) mass is 494 g/mol. The van der Waals surface area contributed by atoms with Gasteiger partial charge in [0, 0.05) is 0 Å². The quantitative estimate of drug-likeness (QED) is 0.348. The Morgan fingerprint density at radius 1 is 0.743 bits per heavy atom. The van der Waals surface area contributed by atoms with Gasteiger partial charge in [-0.15, -0.1) is 0 Å². The lowest BCUT2D eigenvalue weighted by Gasteiger charge is -2.37. The maximum Gasteiger partial charge on any atom is 0.422 e. The second kappa shape index (κ2) is 11.3. The highest BCUT2D eigenvalue weighted by Crippen LogP contribution is 2.42. The molecule has 35 heavy (non-hydrogen) atoms. The molecular formula is C29H35F5O. The Bertz CT molecular complexity index is 929. The van der Waals surface area contributed by atoms with Crippen molar-refractivity contribution >= 4 is 0 Å². The minimum Gasteiger partial charge on any atom is -0.493 e. The summed E-state index contributed by atoms with van der Waals surface area (Å²) in [5, 5.41) is 0. The van der Waals surface area contributed by atoms with E-state index in [1.54, 1.807) is 24.3 Å². The number of alkyl halides is 3. The Labute approximate surface area is 205 Å². The number of hydrogen-bond donors (Lipinski definition) is 0. The van der Waals surface area contributed by atoms with Crippen LogP contribution >= 0.6 is 0 Å². The lowest BCUT2D eigenvalue weighted by Crippen LogP contribution is -2.27. The fourth-order valence-corrected chi connectivity index (χ4v) is 6.15. The molecule has 6 heteroatoms. The first kappa shape index (κ1) is 26.0. The molecule has 0 aromatic heterocycles. The molecule has 1 nitrogen and oxygen atoms in total. The molecule has 0 radical (unpaired) electrons. The van der Waals surface area contributed by atoms with Crippen LogP contribution in [-0.2, 0) is 6.18 Å². The van der Waals surface area contributed by atoms with Crippen LogP contribution in [0.2, 0.25) is 0 Å². The summed E-state index contributed by atoms with van der Waals surface area (Å²) in [6.45, 7) is 2.92. The van der Waals surface area contributed by atoms with Crippen LogP contribution in [0.5, 0.6) is 5.75 Å². The van der Waals surface area contributed by atoms with Gasteiger partial charge in [-0.1, -0.05) is 44.7 Å². The summed E-state index contributed by atoms with van der Waals surface area (Å²) in [4.78, 5) is 0. The van der Waals surface area contributed by atoms with Crippen molar-refractivity contribution in [1.29, 1.82) is 0 Å². The first-order valence-electron chi connectivity index (χ1n) is 13.0. The standard InChI is InChI=1S/C29H35F5O/c1-2-3-19-4-8-21(9-5-19)22-10-6-20(7-11-22)18-35-25-14-12-23(13-15-25)24-16-26(30)28(27(31)17-24)29(32,33)34/h12-17,19-22H,2-11,18H2,1H3. The van der Waals surface area contributed by atoms with E-state index in [2.05, 4.69) is 6.92 Å². The highest BCUT2D eigenvalue weighted by Gasteiger charge is 2.38. The molecule has 2 fully saturated rings. The first-order valence-corrected chi connectivity index (χ1v) is 13.0. The van der Waals surface area contributed by atoms with Crippen molar-refractivity contribution in [2.24, 2.45) is 23.7 Å². The smallest absolute Gasteiger partial charge is 0.422 e. The van der Waals surface area contributed by atoms with Crippen LogP contribution in [0.1, 0.15) is 76.7 Å². The molecule has 2 aromatic rings. The van der Waals surface area contributed by atoms with E-state index in [-0.39, 0.29) is 5.56 Å². The Morgan fingerprint density at radius 3 is 1.74 bits per heavy atom. The van der Waals surface area contributed by atoms with Crippen LogP contribution in [0.25, 0.3) is 11.1 Å². The third kappa shape index (κ3) is 6.56. The van der Waals surface area contributed by atoms with Crippen molar-refractivity contribution in [1.82, 2.24) is 0 Å². The number of hydrogen-bond acceptors (Lipinski definition) is 1. The molecule has 2 aliphatic carbocycles. The molecule has 2 aromatic carbocycles. The zero-order chi connectivity index (χ0) is 25.0. The van der Waals surface area contributed by atoms with E-state index in [9.17, 15) is 22.0 Å². The third-order valence-electron chi connectivity index (χ3n) is 8.15. The van der Waals surface area contributed by atoms with Crippen LogP contribution in [0.15, 0.2) is 36.4 Å². The van der Waals surface area contributed by atoms with Gasteiger partial charge in [-0.2, -0.15) is 13.2 Å². The first-order chi connectivity index (χ1) is 16.7. The van der Waals surface area contributed by atoms with E-state index in [1.165, 1.54) is 64.2 Å². The molecule has 0 bridgehead atoms. The predicted molar refractivity (Wildman–Crippen MR) is 128 cm³/mol. The van der Waals surface area contributed by atoms with Gasteiger partial charge in [0.2, 0.25) is 0 Å². The van der Waals surface area contributed by atoms with Crippen LogP contribution in [0.4, 0.5) is 22.0 Å². The highest BCUT2D eigenvalue weighted by molar-refractivity contribution is 5.65. The molecule has 0 heterocycles. The average Bonchev–Trinajstić information content (AvgIpc) is 2.83. The summed E-state index contributed by atoms with van der Waals surface area (Å²) in [6.07, 6.45) is 8.15. The van der Waals surface area contributed by atoms with Gasteiger partial charge in [0.1, 0.15) is 22.9 Å². The molecule has 0 aliphatic heterocycles. The molecule has 0 amide bonds. The summed E-state index contributed by atoms with van der Waals surface area (Å²) in [5.41, 5.74) is -1.38. The summed E-state index contributed by atoms with van der Waals surface area (Å²) in [5.74, 6) is 0.660. The molecule has 0 N–H and O–H groups in total. The van der Waals surface area contributed by atoms with Gasteiger partial charge in [0.15, 0.2) is 0 Å². The maximum absolute atomic E-state index is 13.9. The Balaban J connectivity index is 1.25. The predicted octanol–water partition coefficient (Wildman–Crippen LogP) is 9.44. The van der Waals surface area contributed by atoms with Gasteiger partial charge in [-0.25, -0.2) is 8.78 Å². The van der Waals surface area contributed by atoms with Gasteiger partial charge >= 0.3 is 6.18 Å². The SMILES string of the molecule is CCCC1CCC(C2CCC(COc3ccc(-c4cc(F)c(C(F)(F)F)c(F)c4)cc3)CC2)CC1. The molecule has 0 spiro atoms. The average molecular weight is 495 g/mol. The molecule has 4 rings (SSSR count). The van der Waals surface area contributed by atoms with Crippen LogP contribution in [0.3, 0.4) is 0 Å². The molecular weight excluding hydrogens is 459 g/mol. The second-order valence-electron chi connectivity index (χ2n) is 10.5. The van der Waals surface area contributed by atoms with Crippen molar-refractivity contribution in [3.05, 3.63) is 53.6 Å². The minimum atomic E-state index is -5.07. The molecule has 0 unspecified atom stereocenters. The number of benzene rings is 2. The summed E-state index contributed by atoms with van der Waals surface area (Å²) < 4.78 is 72.2. The van der Waals surface area contributed by atoms with E-state index in [0.717, 1.165) is 29.9 Å². The number of ether oxygens (including phenoxy) is 1. The van der Waals surface area contributed by atoms with Crippen molar-refractivity contribution in [3.63, 3.8) is 0 Å². The lowest BCUT2D eigenvalue weighted by molar-refractivity contribution is -0.142. The fraction of sp³-hybridized carbons (Fsp3) is 0.586. The fourth-order valence-electron chi connectivity index (χ4n) is 6.15. The van der Waals surface area contributed by atoms with Crippen LogP contribution in [-0.4, -0.2) is 6.61 Å². The second-order valence-corrected chi connectivity index (χ2v) is 10.5. The normalized spacial score (nSPS) is 25.4. The zero-order valence-electron chi connectivity index (χ0n) is 20.3. The topological polar surface area (TPSA) is 9.23 Å². The van der Waals surface area contributed by atoms with Gasteiger partial charge in [0.25, 0.3) is 0 Å². The summed E-state index contributed by atoms with van der Waals surface area (Å²) in [6, 6.07) is 8.06. The molecule has 0 saturated heterocycles. The highest BCUT2D eigenvalue weighted by atomic mass is 19.4. The maximum atomic E-state index is 13.9. The van der Waals surface area contributed by atoms with E-state index < -0.39 is 23.4 Å². The summed E-state index contributed by atoms with van der Waals surface area (Å²) >= 11 is 0. The van der Waals surface area contributed by atoms with Crippen molar-refractivity contribution in [2.75, 3.05) is 6.61 Å². The van der Waals surface area contributed by atoms with E-state index >= 15 is 0 Å². The Kier molecular flexibility index (Phi) is 8.38. The largest absolute Gasteiger partial charge is 0.493 e. The van der Waals surface area contributed by atoms with Gasteiger partial charge in [0.05, 0.1) is 6.61 Å². The number of rotatable bonds is 7. The molecule has 2 aliphatic rings. The molecule has 2 saturated carbocycles. The summed E-state index contributed by atoms with van der Waals surface area (Å²) in [7, 11) is 0. The van der Waals surface area contributed by atoms with Gasteiger partial charge < -0.3 is 4.74 Å².